The van der Waals surface area contributed by atoms with Gasteiger partial charge in [0.2, 0.25) is 0 Å². The highest BCUT2D eigenvalue weighted by Gasteiger charge is 2.26. The molecule has 5 heteroatoms. The van der Waals surface area contributed by atoms with Crippen LogP contribution in [0.15, 0.2) is 6.20 Å². The Labute approximate surface area is 95.2 Å². The monoisotopic (exact) mass is 222 g/mol. The second-order valence-electron chi connectivity index (χ2n) is 4.45. The third kappa shape index (κ3) is 1.89. The topological polar surface area (TPSA) is 64.2 Å². The normalized spacial score (nSPS) is 21.1. The van der Waals surface area contributed by atoms with Crippen LogP contribution in [-0.2, 0) is 7.05 Å². The van der Waals surface area contributed by atoms with Crippen molar-refractivity contribution in [2.45, 2.75) is 32.2 Å². The molecule has 1 unspecified atom stereocenters. The summed E-state index contributed by atoms with van der Waals surface area (Å²) in [4.78, 5) is 14.1. The van der Waals surface area contributed by atoms with E-state index in [1.165, 1.54) is 6.42 Å². The number of piperidine rings is 1. The molecule has 2 N–H and O–H groups in total. The molecule has 1 saturated heterocycles. The van der Waals surface area contributed by atoms with Gasteiger partial charge in [-0.15, -0.1) is 0 Å². The first-order valence-corrected chi connectivity index (χ1v) is 5.69. The Bertz CT molecular complexity index is 399. The Morgan fingerprint density at radius 2 is 2.31 bits per heavy atom. The fourth-order valence-corrected chi connectivity index (χ4v) is 2.22. The summed E-state index contributed by atoms with van der Waals surface area (Å²) in [5, 5.41) is 4.00. The molecular weight excluding hydrogens is 204 g/mol. The first kappa shape index (κ1) is 11.0. The van der Waals surface area contributed by atoms with Crippen LogP contribution in [0.2, 0.25) is 0 Å². The standard InChI is InChI=1S/C11H18N4O/c1-8-5-3-4-6-15(8)11(16)9-7-14(2)13-10(9)12/h7-8H,3-6H2,1-2H3,(H2,12,13). The number of nitrogen functional groups attached to an aromatic ring is 1. The lowest BCUT2D eigenvalue weighted by Crippen LogP contribution is -2.42. The zero-order chi connectivity index (χ0) is 11.7. The molecule has 0 bridgehead atoms. The average molecular weight is 222 g/mol. The lowest BCUT2D eigenvalue weighted by atomic mass is 10.0. The summed E-state index contributed by atoms with van der Waals surface area (Å²) in [7, 11) is 1.77. The van der Waals surface area contributed by atoms with Gasteiger partial charge in [-0.05, 0) is 26.2 Å². The molecule has 2 rings (SSSR count). The van der Waals surface area contributed by atoms with Crippen LogP contribution in [0.4, 0.5) is 5.82 Å². The van der Waals surface area contributed by atoms with Gasteiger partial charge in [0.15, 0.2) is 5.82 Å². The number of aryl methyl sites for hydroxylation is 1. The zero-order valence-corrected chi connectivity index (χ0v) is 9.81. The van der Waals surface area contributed by atoms with E-state index in [4.69, 9.17) is 5.73 Å². The minimum Gasteiger partial charge on any atom is -0.382 e. The van der Waals surface area contributed by atoms with Gasteiger partial charge < -0.3 is 10.6 Å². The molecule has 16 heavy (non-hydrogen) atoms. The maximum Gasteiger partial charge on any atom is 0.259 e. The SMILES string of the molecule is CC1CCCCN1C(=O)c1cn(C)nc1N. The molecule has 0 saturated carbocycles. The molecule has 1 atom stereocenters. The van der Waals surface area contributed by atoms with Gasteiger partial charge in [0.25, 0.3) is 5.91 Å². The van der Waals surface area contributed by atoms with Crippen molar-refractivity contribution >= 4 is 11.7 Å². The fourth-order valence-electron chi connectivity index (χ4n) is 2.22. The summed E-state index contributed by atoms with van der Waals surface area (Å²) in [5.41, 5.74) is 6.24. The number of nitrogens with zero attached hydrogens (tertiary/aromatic N) is 3. The van der Waals surface area contributed by atoms with Gasteiger partial charge in [-0.3, -0.25) is 9.48 Å². The summed E-state index contributed by atoms with van der Waals surface area (Å²) >= 11 is 0. The predicted molar refractivity (Wildman–Crippen MR) is 62.0 cm³/mol. The van der Waals surface area contributed by atoms with E-state index in [0.29, 0.717) is 17.4 Å². The van der Waals surface area contributed by atoms with Crippen molar-refractivity contribution in [3.05, 3.63) is 11.8 Å². The van der Waals surface area contributed by atoms with E-state index >= 15 is 0 Å². The second-order valence-corrected chi connectivity index (χ2v) is 4.45. The third-order valence-corrected chi connectivity index (χ3v) is 3.15. The Hall–Kier alpha value is -1.52. The number of carbonyl (C=O) groups excluding carboxylic acids is 1. The van der Waals surface area contributed by atoms with Crippen LogP contribution in [0.25, 0.3) is 0 Å². The average Bonchev–Trinajstić information content (AvgIpc) is 2.58. The van der Waals surface area contributed by atoms with Gasteiger partial charge in [0.05, 0.1) is 0 Å². The van der Waals surface area contributed by atoms with E-state index in [1.54, 1.807) is 17.9 Å². The van der Waals surface area contributed by atoms with Crippen LogP contribution in [-0.4, -0.2) is 33.2 Å². The number of amides is 1. The van der Waals surface area contributed by atoms with E-state index in [9.17, 15) is 4.79 Å². The van der Waals surface area contributed by atoms with Crippen LogP contribution in [0.5, 0.6) is 0 Å². The fraction of sp³-hybridized carbons (Fsp3) is 0.636. The Balaban J connectivity index is 2.21. The smallest absolute Gasteiger partial charge is 0.259 e. The molecule has 1 aliphatic heterocycles. The summed E-state index contributed by atoms with van der Waals surface area (Å²) in [6.45, 7) is 2.91. The van der Waals surface area contributed by atoms with Crippen LogP contribution in [0, 0.1) is 0 Å². The molecule has 1 aromatic heterocycles. The van der Waals surface area contributed by atoms with E-state index in [0.717, 1.165) is 19.4 Å². The highest BCUT2D eigenvalue weighted by atomic mass is 16.2. The molecule has 1 amide bonds. The van der Waals surface area contributed by atoms with Crippen LogP contribution >= 0.6 is 0 Å². The van der Waals surface area contributed by atoms with Gasteiger partial charge in [0, 0.05) is 25.8 Å². The van der Waals surface area contributed by atoms with Crippen molar-refractivity contribution in [2.75, 3.05) is 12.3 Å². The van der Waals surface area contributed by atoms with Gasteiger partial charge >= 0.3 is 0 Å². The summed E-state index contributed by atoms with van der Waals surface area (Å²) in [5.74, 6) is 0.336. The van der Waals surface area contributed by atoms with Crippen molar-refractivity contribution in [1.29, 1.82) is 0 Å². The molecule has 1 aliphatic rings. The summed E-state index contributed by atoms with van der Waals surface area (Å²) in [6, 6.07) is 0.306. The van der Waals surface area contributed by atoms with Crippen LogP contribution < -0.4 is 5.73 Å². The Kier molecular flexibility index (Phi) is 2.85. The van der Waals surface area contributed by atoms with Crippen molar-refractivity contribution in [2.24, 2.45) is 7.05 Å². The first-order chi connectivity index (χ1) is 7.59. The largest absolute Gasteiger partial charge is 0.382 e. The van der Waals surface area contributed by atoms with Crippen LogP contribution in [0.3, 0.4) is 0 Å². The summed E-state index contributed by atoms with van der Waals surface area (Å²) < 4.78 is 1.58. The molecule has 0 radical (unpaired) electrons. The quantitative estimate of drug-likeness (QED) is 0.771. The number of rotatable bonds is 1. The Morgan fingerprint density at radius 1 is 1.56 bits per heavy atom. The predicted octanol–water partition coefficient (Wildman–Crippen LogP) is 1.02. The number of nitrogens with two attached hydrogens (primary N) is 1. The van der Waals surface area contributed by atoms with E-state index in [1.807, 2.05) is 4.90 Å². The van der Waals surface area contributed by atoms with Gasteiger partial charge in [-0.1, -0.05) is 0 Å². The highest BCUT2D eigenvalue weighted by molar-refractivity contribution is 5.98. The summed E-state index contributed by atoms with van der Waals surface area (Å²) in [6.07, 6.45) is 5.05. The maximum atomic E-state index is 12.2. The Morgan fingerprint density at radius 3 is 2.88 bits per heavy atom. The van der Waals surface area contributed by atoms with Gasteiger partial charge in [-0.25, -0.2) is 0 Å². The minimum absolute atomic E-state index is 0.0119. The lowest BCUT2D eigenvalue weighted by Gasteiger charge is -2.33. The van der Waals surface area contributed by atoms with Gasteiger partial charge in [0.1, 0.15) is 5.56 Å². The number of carbonyl (C=O) groups is 1. The van der Waals surface area contributed by atoms with Gasteiger partial charge in [-0.2, -0.15) is 5.10 Å². The first-order valence-electron chi connectivity index (χ1n) is 5.69. The lowest BCUT2D eigenvalue weighted by molar-refractivity contribution is 0.0636. The van der Waals surface area contributed by atoms with E-state index in [-0.39, 0.29) is 5.91 Å². The van der Waals surface area contributed by atoms with Crippen molar-refractivity contribution in [3.63, 3.8) is 0 Å². The molecule has 5 nitrogen and oxygen atoms in total. The molecule has 0 aromatic carbocycles. The molecule has 1 aromatic rings. The maximum absolute atomic E-state index is 12.2. The second kappa shape index (κ2) is 4.15. The number of hydrogen-bond donors (Lipinski definition) is 1. The third-order valence-electron chi connectivity index (χ3n) is 3.15. The molecule has 0 aliphatic carbocycles. The number of aromatic nitrogens is 2. The number of hydrogen-bond acceptors (Lipinski definition) is 3. The van der Waals surface area contributed by atoms with Crippen molar-refractivity contribution in [3.8, 4) is 0 Å². The molecule has 88 valence electrons. The number of likely N-dealkylation sites (tertiary alicyclic amines) is 1. The van der Waals surface area contributed by atoms with Crippen molar-refractivity contribution in [1.82, 2.24) is 14.7 Å². The highest BCUT2D eigenvalue weighted by Crippen LogP contribution is 2.20. The number of anilines is 1. The minimum atomic E-state index is 0.0119. The van der Waals surface area contributed by atoms with E-state index in [2.05, 4.69) is 12.0 Å². The molecule has 0 spiro atoms. The molecular formula is C11H18N4O. The van der Waals surface area contributed by atoms with Crippen molar-refractivity contribution < 1.29 is 4.79 Å². The molecule has 2 heterocycles. The zero-order valence-electron chi connectivity index (χ0n) is 9.81. The van der Waals surface area contributed by atoms with E-state index < -0.39 is 0 Å². The van der Waals surface area contributed by atoms with Crippen LogP contribution in [0.1, 0.15) is 36.5 Å². The molecule has 1 fully saturated rings.